The van der Waals surface area contributed by atoms with E-state index < -0.39 is 4.92 Å². The Hall–Kier alpha value is -1.15. The van der Waals surface area contributed by atoms with Gasteiger partial charge in [-0.25, -0.2) is 0 Å². The Morgan fingerprint density at radius 1 is 1.37 bits per heavy atom. The van der Waals surface area contributed by atoms with Gasteiger partial charge in [0.1, 0.15) is 4.21 Å². The van der Waals surface area contributed by atoms with E-state index in [9.17, 15) is 14.9 Å². The second kappa shape index (κ2) is 5.87. The number of carbonyl (C=O) groups excluding carboxylic acids is 1. The molecule has 0 N–H and O–H groups in total. The second-order valence-electron chi connectivity index (χ2n) is 3.18. The van der Waals surface area contributed by atoms with Crippen LogP contribution in [0.25, 0.3) is 0 Å². The molecule has 0 fully saturated rings. The summed E-state index contributed by atoms with van der Waals surface area (Å²) in [5, 5.41) is 11.5. The minimum Gasteiger partial charge on any atom is -0.284 e. The van der Waals surface area contributed by atoms with Gasteiger partial charge in [-0.15, -0.1) is 11.3 Å². The third-order valence-electron chi connectivity index (χ3n) is 1.98. The molecule has 97 valence electrons. The third-order valence-corrected chi connectivity index (χ3v) is 5.13. The summed E-state index contributed by atoms with van der Waals surface area (Å²) in [5.41, 5.74) is -0.169. The van der Waals surface area contributed by atoms with Crippen molar-refractivity contribution in [1.29, 1.82) is 0 Å². The van der Waals surface area contributed by atoms with Crippen molar-refractivity contribution < 1.29 is 9.72 Å². The van der Waals surface area contributed by atoms with E-state index in [-0.39, 0.29) is 20.6 Å². The molecule has 0 spiro atoms. The molecule has 0 bridgehead atoms. The summed E-state index contributed by atoms with van der Waals surface area (Å²) in [7, 11) is 0. The molecule has 0 aliphatic rings. The first-order valence-electron chi connectivity index (χ1n) is 4.66. The molecule has 0 saturated heterocycles. The molecule has 9 heteroatoms. The summed E-state index contributed by atoms with van der Waals surface area (Å²) in [6, 6.07) is 1.17. The Kier molecular flexibility index (Phi) is 4.41. The zero-order chi connectivity index (χ0) is 14.0. The van der Waals surface area contributed by atoms with Crippen molar-refractivity contribution in [3.05, 3.63) is 43.5 Å². The molecule has 2 rings (SSSR count). The lowest BCUT2D eigenvalue weighted by Gasteiger charge is -2.03. The van der Waals surface area contributed by atoms with Crippen LogP contribution < -0.4 is 0 Å². The molecule has 0 aliphatic heterocycles. The highest BCUT2D eigenvalue weighted by molar-refractivity contribution is 8.01. The molecule has 0 unspecified atom stereocenters. The normalized spacial score (nSPS) is 10.4. The number of pyridine rings is 1. The van der Waals surface area contributed by atoms with Crippen LogP contribution in [0.2, 0.25) is 10.0 Å². The highest BCUT2D eigenvalue weighted by Crippen LogP contribution is 2.45. The van der Waals surface area contributed by atoms with Gasteiger partial charge < -0.3 is 0 Å². The summed E-state index contributed by atoms with van der Waals surface area (Å²) >= 11 is 13.9. The number of hydrogen-bond donors (Lipinski definition) is 0. The smallest absolute Gasteiger partial charge is 0.284 e. The van der Waals surface area contributed by atoms with Gasteiger partial charge in [0.2, 0.25) is 6.29 Å². The van der Waals surface area contributed by atoms with Gasteiger partial charge in [0.15, 0.2) is 0 Å². The van der Waals surface area contributed by atoms with E-state index in [0.717, 1.165) is 23.1 Å². The minimum atomic E-state index is -0.567. The average Bonchev–Trinajstić information content (AvgIpc) is 2.77. The van der Waals surface area contributed by atoms with Gasteiger partial charge in [-0.3, -0.25) is 19.9 Å². The number of rotatable bonds is 4. The SMILES string of the molecule is O=[C]c1cc([N+](=O)[O-])c(Sc2c(Cl)cncc2Cl)s1. The molecule has 1 radical (unpaired) electrons. The minimum absolute atomic E-state index is 0.149. The molecule has 0 aliphatic carbocycles. The van der Waals surface area contributed by atoms with Crippen molar-refractivity contribution >= 4 is 58.3 Å². The lowest BCUT2D eigenvalue weighted by atomic mass is 10.4. The number of nitrogens with zero attached hydrogens (tertiary/aromatic N) is 2. The second-order valence-corrected chi connectivity index (χ2v) is 6.32. The topological polar surface area (TPSA) is 73.1 Å². The van der Waals surface area contributed by atoms with E-state index in [1.54, 1.807) is 6.29 Å². The van der Waals surface area contributed by atoms with Gasteiger partial charge in [-0.2, -0.15) is 0 Å². The van der Waals surface area contributed by atoms with Crippen LogP contribution in [0.4, 0.5) is 5.69 Å². The Balaban J connectivity index is 2.46. The number of nitro groups is 1. The standard InChI is InChI=1S/C10H3Cl2N2O3S2/c11-6-2-13-3-7(12)9(6)19-10-8(14(16)17)1-5(4-15)18-10/h1-3H. The van der Waals surface area contributed by atoms with Gasteiger partial charge in [0.05, 0.1) is 24.7 Å². The Bertz CT molecular complexity index is 640. The first-order valence-corrected chi connectivity index (χ1v) is 7.05. The Labute approximate surface area is 125 Å². The molecule has 2 heterocycles. The Morgan fingerprint density at radius 2 is 2.00 bits per heavy atom. The van der Waals surface area contributed by atoms with Crippen molar-refractivity contribution in [3.63, 3.8) is 0 Å². The zero-order valence-corrected chi connectivity index (χ0v) is 12.1. The fourth-order valence-electron chi connectivity index (χ4n) is 1.21. The number of thiophene rings is 1. The van der Waals surface area contributed by atoms with Crippen molar-refractivity contribution in [2.24, 2.45) is 0 Å². The maximum Gasteiger partial charge on any atom is 0.294 e. The molecule has 5 nitrogen and oxygen atoms in total. The van der Waals surface area contributed by atoms with Crippen LogP contribution >= 0.6 is 46.3 Å². The van der Waals surface area contributed by atoms with Gasteiger partial charge >= 0.3 is 0 Å². The number of aromatic nitrogens is 1. The van der Waals surface area contributed by atoms with Crippen LogP contribution in [0.5, 0.6) is 0 Å². The van der Waals surface area contributed by atoms with Gasteiger partial charge in [0.25, 0.3) is 5.69 Å². The van der Waals surface area contributed by atoms with E-state index in [0.29, 0.717) is 9.10 Å². The molecular weight excluding hydrogens is 331 g/mol. The number of halogens is 2. The number of hydrogen-bond acceptors (Lipinski definition) is 6. The zero-order valence-electron chi connectivity index (χ0n) is 8.92. The first kappa shape index (κ1) is 14.3. The molecule has 19 heavy (non-hydrogen) atoms. The van der Waals surface area contributed by atoms with Crippen LogP contribution in [-0.4, -0.2) is 16.2 Å². The van der Waals surface area contributed by atoms with Crippen LogP contribution in [0.3, 0.4) is 0 Å². The third kappa shape index (κ3) is 3.06. The van der Waals surface area contributed by atoms with E-state index in [1.807, 2.05) is 0 Å². The molecule has 0 aromatic carbocycles. The first-order chi connectivity index (χ1) is 9.02. The predicted octanol–water partition coefficient (Wildman–Crippen LogP) is 3.97. The molecule has 0 atom stereocenters. The van der Waals surface area contributed by atoms with E-state index >= 15 is 0 Å². The summed E-state index contributed by atoms with van der Waals surface area (Å²) in [6.45, 7) is 0. The summed E-state index contributed by atoms with van der Waals surface area (Å²) < 4.78 is 0.318. The predicted molar refractivity (Wildman–Crippen MR) is 74.1 cm³/mol. The molecular formula is C10H3Cl2N2O3S2. The van der Waals surface area contributed by atoms with Crippen LogP contribution in [0.15, 0.2) is 27.6 Å². The molecule has 2 aromatic heterocycles. The Morgan fingerprint density at radius 3 is 2.53 bits per heavy atom. The van der Waals surface area contributed by atoms with E-state index in [4.69, 9.17) is 23.2 Å². The summed E-state index contributed by atoms with van der Waals surface area (Å²) in [6.07, 6.45) is 4.41. The van der Waals surface area contributed by atoms with Crippen molar-refractivity contribution in [3.8, 4) is 0 Å². The lowest BCUT2D eigenvalue weighted by molar-refractivity contribution is -0.387. The fourth-order valence-corrected chi connectivity index (χ4v) is 3.86. The van der Waals surface area contributed by atoms with Gasteiger partial charge in [-0.1, -0.05) is 35.0 Å². The lowest BCUT2D eigenvalue weighted by Crippen LogP contribution is -1.87. The quantitative estimate of drug-likeness (QED) is 0.625. The largest absolute Gasteiger partial charge is 0.294 e. The van der Waals surface area contributed by atoms with Gasteiger partial charge in [0, 0.05) is 18.5 Å². The van der Waals surface area contributed by atoms with Crippen LogP contribution in [0, 0.1) is 10.1 Å². The molecule has 0 amide bonds. The maximum absolute atomic E-state index is 10.9. The van der Waals surface area contributed by atoms with Crippen molar-refractivity contribution in [2.75, 3.05) is 0 Å². The van der Waals surface area contributed by atoms with Crippen molar-refractivity contribution in [2.45, 2.75) is 9.10 Å². The average molecular weight is 334 g/mol. The maximum atomic E-state index is 10.9. The van der Waals surface area contributed by atoms with E-state index in [2.05, 4.69) is 4.98 Å². The van der Waals surface area contributed by atoms with Crippen LogP contribution in [0.1, 0.15) is 4.88 Å². The fraction of sp³-hybridized carbons (Fsp3) is 0. The summed E-state index contributed by atoms with van der Waals surface area (Å²) in [5.74, 6) is 0. The van der Waals surface area contributed by atoms with E-state index in [1.165, 1.54) is 18.5 Å². The van der Waals surface area contributed by atoms with Crippen molar-refractivity contribution in [1.82, 2.24) is 4.98 Å². The molecule has 2 aromatic rings. The highest BCUT2D eigenvalue weighted by Gasteiger charge is 2.22. The highest BCUT2D eigenvalue weighted by atomic mass is 35.5. The summed E-state index contributed by atoms with van der Waals surface area (Å²) in [4.78, 5) is 25.3. The van der Waals surface area contributed by atoms with Gasteiger partial charge in [-0.05, 0) is 0 Å². The monoisotopic (exact) mass is 333 g/mol. The van der Waals surface area contributed by atoms with Crippen LogP contribution in [-0.2, 0) is 4.79 Å². The molecule has 0 saturated carbocycles.